The van der Waals surface area contributed by atoms with Crippen LogP contribution in [0.5, 0.6) is 0 Å². The first-order chi connectivity index (χ1) is 17.5. The van der Waals surface area contributed by atoms with Crippen LogP contribution in [0.4, 0.5) is 11.5 Å². The van der Waals surface area contributed by atoms with Crippen molar-refractivity contribution < 1.29 is 4.79 Å². The number of aromatic nitrogens is 2. The summed E-state index contributed by atoms with van der Waals surface area (Å²) in [6, 6.07) is 21.7. The van der Waals surface area contributed by atoms with Crippen LogP contribution in [0, 0.1) is 0 Å². The lowest BCUT2D eigenvalue weighted by molar-refractivity contribution is -0.114. The highest BCUT2D eigenvalue weighted by atomic mass is 35.5. The molecule has 1 aromatic heterocycles. The largest absolute Gasteiger partial charge is 0.369 e. The number of carbonyl (C=O) groups excluding carboxylic acids is 1. The first-order valence-corrected chi connectivity index (χ1v) is 12.8. The number of nitrogens with one attached hydrogen (secondary N) is 2. The second-order valence-electron chi connectivity index (χ2n) is 8.70. The Morgan fingerprint density at radius 2 is 1.67 bits per heavy atom. The lowest BCUT2D eigenvalue weighted by atomic mass is 10.0. The van der Waals surface area contributed by atoms with Gasteiger partial charge in [-0.3, -0.25) is 4.79 Å². The molecule has 1 heterocycles. The third-order valence-electron chi connectivity index (χ3n) is 6.16. The molecule has 0 bridgehead atoms. The fourth-order valence-electron chi connectivity index (χ4n) is 4.21. The summed E-state index contributed by atoms with van der Waals surface area (Å²) in [6.07, 6.45) is 1.03. The van der Waals surface area contributed by atoms with Gasteiger partial charge in [0.25, 0.3) is 0 Å². The molecular formula is C29H32ClN5O. The summed E-state index contributed by atoms with van der Waals surface area (Å²) in [6.45, 7) is 9.88. The molecule has 0 radical (unpaired) electrons. The summed E-state index contributed by atoms with van der Waals surface area (Å²) in [4.78, 5) is 23.5. The maximum Gasteiger partial charge on any atom is 0.221 e. The minimum absolute atomic E-state index is 0.0893. The van der Waals surface area contributed by atoms with E-state index in [2.05, 4.69) is 29.4 Å². The van der Waals surface area contributed by atoms with Crippen LogP contribution < -0.4 is 10.6 Å². The second kappa shape index (κ2) is 12.0. The fraction of sp³-hybridized carbons (Fsp3) is 0.276. The average Bonchev–Trinajstić information content (AvgIpc) is 2.88. The quantitative estimate of drug-likeness (QED) is 0.236. The van der Waals surface area contributed by atoms with Crippen molar-refractivity contribution in [3.8, 4) is 22.5 Å². The molecule has 0 saturated heterocycles. The molecule has 186 valence electrons. The van der Waals surface area contributed by atoms with Gasteiger partial charge in [-0.2, -0.15) is 0 Å². The molecule has 0 aliphatic heterocycles. The van der Waals surface area contributed by atoms with E-state index in [9.17, 15) is 4.79 Å². The van der Waals surface area contributed by atoms with Crippen LogP contribution in [0.25, 0.3) is 33.4 Å². The van der Waals surface area contributed by atoms with Crippen LogP contribution in [-0.2, 0) is 4.79 Å². The molecule has 2 N–H and O–H groups in total. The average molecular weight is 502 g/mol. The van der Waals surface area contributed by atoms with Gasteiger partial charge in [-0.05, 0) is 67.5 Å². The zero-order chi connectivity index (χ0) is 25.5. The van der Waals surface area contributed by atoms with E-state index in [4.69, 9.17) is 21.6 Å². The van der Waals surface area contributed by atoms with Crippen molar-refractivity contribution in [3.63, 3.8) is 0 Å². The van der Waals surface area contributed by atoms with Crippen molar-refractivity contribution in [3.05, 3.63) is 71.8 Å². The molecule has 4 aromatic rings. The molecule has 0 aliphatic rings. The Morgan fingerprint density at radius 3 is 2.39 bits per heavy atom. The number of amides is 1. The number of fused-ring (bicyclic) bond motifs is 1. The van der Waals surface area contributed by atoms with Crippen molar-refractivity contribution in [2.75, 3.05) is 36.8 Å². The van der Waals surface area contributed by atoms with E-state index in [1.807, 2.05) is 66.7 Å². The van der Waals surface area contributed by atoms with E-state index in [-0.39, 0.29) is 5.91 Å². The summed E-state index contributed by atoms with van der Waals surface area (Å²) >= 11 is 6.28. The van der Waals surface area contributed by atoms with Crippen LogP contribution in [0.3, 0.4) is 0 Å². The molecular weight excluding hydrogens is 470 g/mol. The Morgan fingerprint density at radius 1 is 0.917 bits per heavy atom. The first-order valence-electron chi connectivity index (χ1n) is 12.4. The maximum atomic E-state index is 11.4. The Hall–Kier alpha value is -3.48. The SMILES string of the molecule is CCN(CC)CCCNc1nc(-c2ccc(-c3cccc(NC(C)=O)c3)cc2)nc2cc(Cl)ccc12. The van der Waals surface area contributed by atoms with E-state index < -0.39 is 0 Å². The third kappa shape index (κ3) is 6.39. The van der Waals surface area contributed by atoms with Gasteiger partial charge < -0.3 is 15.5 Å². The zero-order valence-corrected chi connectivity index (χ0v) is 21.8. The summed E-state index contributed by atoms with van der Waals surface area (Å²) in [7, 11) is 0. The number of carbonyl (C=O) groups is 1. The van der Waals surface area contributed by atoms with Gasteiger partial charge in [-0.1, -0.05) is 61.8 Å². The topological polar surface area (TPSA) is 70.2 Å². The van der Waals surface area contributed by atoms with Gasteiger partial charge in [-0.15, -0.1) is 0 Å². The standard InChI is InChI=1S/C29H32ClN5O/c1-4-35(5-2)17-7-16-31-29-26-15-14-24(30)19-27(26)33-28(34-29)22-12-10-21(11-13-22)23-8-6-9-25(18-23)32-20(3)36/h6,8-15,18-19H,4-5,7,16-17H2,1-3H3,(H,32,36)(H,31,33,34). The van der Waals surface area contributed by atoms with Crippen LogP contribution in [0.2, 0.25) is 5.02 Å². The zero-order valence-electron chi connectivity index (χ0n) is 21.0. The van der Waals surface area contributed by atoms with Crippen molar-refractivity contribution in [2.45, 2.75) is 27.2 Å². The summed E-state index contributed by atoms with van der Waals surface area (Å²) < 4.78 is 0. The minimum atomic E-state index is -0.0893. The number of nitrogens with zero attached hydrogens (tertiary/aromatic N) is 3. The minimum Gasteiger partial charge on any atom is -0.369 e. The predicted molar refractivity (Wildman–Crippen MR) is 151 cm³/mol. The lowest BCUT2D eigenvalue weighted by Crippen LogP contribution is -2.25. The van der Waals surface area contributed by atoms with Gasteiger partial charge in [0.15, 0.2) is 5.82 Å². The van der Waals surface area contributed by atoms with E-state index >= 15 is 0 Å². The highest BCUT2D eigenvalue weighted by Gasteiger charge is 2.11. The molecule has 6 nitrogen and oxygen atoms in total. The van der Waals surface area contributed by atoms with Gasteiger partial charge in [0, 0.05) is 35.1 Å². The fourth-order valence-corrected chi connectivity index (χ4v) is 4.37. The monoisotopic (exact) mass is 501 g/mol. The number of halogens is 1. The van der Waals surface area contributed by atoms with Gasteiger partial charge >= 0.3 is 0 Å². The van der Waals surface area contributed by atoms with Crippen LogP contribution in [-0.4, -0.2) is 47.0 Å². The van der Waals surface area contributed by atoms with Crippen LogP contribution in [0.1, 0.15) is 27.2 Å². The van der Waals surface area contributed by atoms with Crippen LogP contribution >= 0.6 is 11.6 Å². The maximum absolute atomic E-state index is 11.4. The molecule has 0 aliphatic carbocycles. The van der Waals surface area contributed by atoms with Crippen molar-refractivity contribution in [1.82, 2.24) is 14.9 Å². The Labute approximate surface area is 217 Å². The molecule has 36 heavy (non-hydrogen) atoms. The number of hydrogen-bond acceptors (Lipinski definition) is 5. The molecule has 0 fully saturated rings. The van der Waals surface area contributed by atoms with Gasteiger partial charge in [-0.25, -0.2) is 9.97 Å². The molecule has 4 rings (SSSR count). The lowest BCUT2D eigenvalue weighted by Gasteiger charge is -2.18. The van der Waals surface area contributed by atoms with Crippen molar-refractivity contribution in [2.24, 2.45) is 0 Å². The molecule has 7 heteroatoms. The van der Waals surface area contributed by atoms with E-state index in [1.165, 1.54) is 6.92 Å². The summed E-state index contributed by atoms with van der Waals surface area (Å²) in [5.74, 6) is 1.38. The normalized spacial score (nSPS) is 11.1. The Balaban J connectivity index is 1.59. The molecule has 0 saturated carbocycles. The number of hydrogen-bond donors (Lipinski definition) is 2. The second-order valence-corrected chi connectivity index (χ2v) is 9.14. The van der Waals surface area contributed by atoms with Gasteiger partial charge in [0.2, 0.25) is 5.91 Å². The predicted octanol–water partition coefficient (Wildman–Crippen LogP) is 6.72. The molecule has 1 amide bonds. The Bertz CT molecular complexity index is 1340. The van der Waals surface area contributed by atoms with E-state index in [1.54, 1.807) is 0 Å². The van der Waals surface area contributed by atoms with Crippen LogP contribution in [0.15, 0.2) is 66.7 Å². The highest BCUT2D eigenvalue weighted by molar-refractivity contribution is 6.31. The first kappa shape index (κ1) is 25.6. The molecule has 0 unspecified atom stereocenters. The van der Waals surface area contributed by atoms with E-state index in [0.717, 1.165) is 71.7 Å². The van der Waals surface area contributed by atoms with Crippen molar-refractivity contribution in [1.29, 1.82) is 0 Å². The van der Waals surface area contributed by atoms with Gasteiger partial charge in [0.1, 0.15) is 5.82 Å². The summed E-state index contributed by atoms with van der Waals surface area (Å²) in [5.41, 5.74) is 4.57. The Kier molecular flexibility index (Phi) is 8.52. The summed E-state index contributed by atoms with van der Waals surface area (Å²) in [5, 5.41) is 7.96. The number of anilines is 2. The smallest absolute Gasteiger partial charge is 0.221 e. The van der Waals surface area contributed by atoms with E-state index in [0.29, 0.717) is 10.8 Å². The van der Waals surface area contributed by atoms with Gasteiger partial charge in [0.05, 0.1) is 5.52 Å². The molecule has 3 aromatic carbocycles. The number of benzene rings is 3. The third-order valence-corrected chi connectivity index (χ3v) is 6.39. The van der Waals surface area contributed by atoms with Crippen molar-refractivity contribution >= 4 is 39.9 Å². The molecule has 0 spiro atoms. The highest BCUT2D eigenvalue weighted by Crippen LogP contribution is 2.29. The number of rotatable bonds is 10. The molecule has 0 atom stereocenters.